The number of aliphatic carboxylic acids is 1. The summed E-state index contributed by atoms with van der Waals surface area (Å²) in [5.74, 6) is -2.03. The van der Waals surface area contributed by atoms with Gasteiger partial charge in [-0.3, -0.25) is 14.9 Å². The van der Waals surface area contributed by atoms with Crippen molar-refractivity contribution < 1.29 is 19.2 Å². The molecule has 1 saturated carbocycles. The van der Waals surface area contributed by atoms with Gasteiger partial charge < -0.3 is 10.4 Å². The van der Waals surface area contributed by atoms with Crippen LogP contribution >= 0.6 is 0 Å². The van der Waals surface area contributed by atoms with Crippen LogP contribution in [0.5, 0.6) is 0 Å². The number of halogens is 1. The molecule has 20 heavy (non-hydrogen) atoms. The van der Waals surface area contributed by atoms with Crippen LogP contribution in [0.25, 0.3) is 0 Å². The van der Waals surface area contributed by atoms with Crippen LogP contribution in [0.3, 0.4) is 0 Å². The van der Waals surface area contributed by atoms with E-state index in [1.54, 1.807) is 0 Å². The van der Waals surface area contributed by atoms with Gasteiger partial charge in [0.1, 0.15) is 5.69 Å². The number of hydrogen-bond donors (Lipinski definition) is 2. The number of benzene rings is 1. The summed E-state index contributed by atoms with van der Waals surface area (Å²) >= 11 is 0. The number of nitro benzene ring substituents is 1. The number of carbonyl (C=O) groups is 1. The Kier molecular flexibility index (Phi) is 4.16. The van der Waals surface area contributed by atoms with Gasteiger partial charge >= 0.3 is 11.7 Å². The highest BCUT2D eigenvalue weighted by atomic mass is 19.1. The fourth-order valence-electron chi connectivity index (χ4n) is 2.52. The summed E-state index contributed by atoms with van der Waals surface area (Å²) in [6.45, 7) is 0. The standard InChI is InChI=1S/C13H15FN2O4/c14-10-2-1-3-11(12(10)16(19)20)15-9-6-4-8(5-7-9)13(17)18/h1-3,8-9,15H,4-7H2,(H,17,18)/t8-,9+. The zero-order valence-electron chi connectivity index (χ0n) is 10.7. The molecule has 2 N–H and O–H groups in total. The Hall–Kier alpha value is -2.18. The fraction of sp³-hybridized carbons (Fsp3) is 0.462. The monoisotopic (exact) mass is 282 g/mol. The van der Waals surface area contributed by atoms with Gasteiger partial charge in [-0.25, -0.2) is 0 Å². The van der Waals surface area contributed by atoms with Crippen molar-refractivity contribution in [2.75, 3.05) is 5.32 Å². The lowest BCUT2D eigenvalue weighted by Crippen LogP contribution is -2.29. The van der Waals surface area contributed by atoms with E-state index in [1.165, 1.54) is 12.1 Å². The van der Waals surface area contributed by atoms with E-state index in [9.17, 15) is 19.3 Å². The molecule has 1 aliphatic carbocycles. The maximum atomic E-state index is 13.5. The van der Waals surface area contributed by atoms with Gasteiger partial charge in [-0.15, -0.1) is 0 Å². The summed E-state index contributed by atoms with van der Waals surface area (Å²) in [6, 6.07) is 3.86. The maximum absolute atomic E-state index is 13.5. The Bertz CT molecular complexity index is 527. The van der Waals surface area contributed by atoms with E-state index in [4.69, 9.17) is 5.11 Å². The van der Waals surface area contributed by atoms with Crippen LogP contribution in [0, 0.1) is 21.8 Å². The molecule has 2 rings (SSSR count). The Labute approximate surface area is 114 Å². The summed E-state index contributed by atoms with van der Waals surface area (Å²) in [4.78, 5) is 21.0. The van der Waals surface area contributed by atoms with E-state index in [0.29, 0.717) is 25.7 Å². The molecule has 0 saturated heterocycles. The number of nitrogens with zero attached hydrogens (tertiary/aromatic N) is 1. The zero-order valence-corrected chi connectivity index (χ0v) is 10.7. The van der Waals surface area contributed by atoms with Crippen LogP contribution in [0.2, 0.25) is 0 Å². The Morgan fingerprint density at radius 1 is 1.35 bits per heavy atom. The lowest BCUT2D eigenvalue weighted by Gasteiger charge is -2.27. The molecule has 7 heteroatoms. The molecule has 0 radical (unpaired) electrons. The molecule has 1 fully saturated rings. The SMILES string of the molecule is O=C(O)[C@H]1CC[C@@H](Nc2cccc(F)c2[N+](=O)[O-])CC1. The average Bonchev–Trinajstić information content (AvgIpc) is 2.39. The molecule has 0 spiro atoms. The van der Waals surface area contributed by atoms with E-state index in [0.717, 1.165) is 6.07 Å². The number of carboxylic acid groups (broad SMARTS) is 1. The first-order valence-corrected chi connectivity index (χ1v) is 6.41. The van der Waals surface area contributed by atoms with Gasteiger partial charge in [0.2, 0.25) is 5.82 Å². The van der Waals surface area contributed by atoms with E-state index < -0.39 is 22.4 Å². The van der Waals surface area contributed by atoms with Gasteiger partial charge in [0.05, 0.1) is 10.8 Å². The Morgan fingerprint density at radius 3 is 2.55 bits per heavy atom. The van der Waals surface area contributed by atoms with Crippen LogP contribution < -0.4 is 5.32 Å². The molecule has 1 aromatic carbocycles. The molecule has 0 unspecified atom stereocenters. The minimum absolute atomic E-state index is 0.0638. The number of nitrogens with one attached hydrogen (secondary N) is 1. The van der Waals surface area contributed by atoms with Gasteiger partial charge in [0.15, 0.2) is 0 Å². The van der Waals surface area contributed by atoms with Gasteiger partial charge in [0.25, 0.3) is 0 Å². The third-order valence-corrected chi connectivity index (χ3v) is 3.61. The van der Waals surface area contributed by atoms with Gasteiger partial charge in [0, 0.05) is 6.04 Å². The van der Waals surface area contributed by atoms with Crippen molar-refractivity contribution >= 4 is 17.3 Å². The van der Waals surface area contributed by atoms with E-state index in [-0.39, 0.29) is 17.6 Å². The fourth-order valence-corrected chi connectivity index (χ4v) is 2.52. The van der Waals surface area contributed by atoms with Gasteiger partial charge in [-0.1, -0.05) is 6.07 Å². The maximum Gasteiger partial charge on any atom is 0.327 e. The first-order valence-electron chi connectivity index (χ1n) is 6.41. The smallest absolute Gasteiger partial charge is 0.327 e. The van der Waals surface area contributed by atoms with Crippen LogP contribution in [0.4, 0.5) is 15.8 Å². The largest absolute Gasteiger partial charge is 0.481 e. The van der Waals surface area contributed by atoms with Crippen LogP contribution in [0.1, 0.15) is 25.7 Å². The molecule has 0 atom stereocenters. The molecule has 108 valence electrons. The molecule has 0 heterocycles. The number of carboxylic acids is 1. The third-order valence-electron chi connectivity index (χ3n) is 3.61. The molecular formula is C13H15FN2O4. The van der Waals surface area contributed by atoms with E-state index in [1.807, 2.05) is 0 Å². The van der Waals surface area contributed by atoms with Crippen molar-refractivity contribution in [1.29, 1.82) is 0 Å². The summed E-state index contributed by atoms with van der Waals surface area (Å²) < 4.78 is 13.5. The van der Waals surface area contributed by atoms with Crippen molar-refractivity contribution in [2.24, 2.45) is 5.92 Å². The lowest BCUT2D eigenvalue weighted by atomic mass is 9.86. The molecular weight excluding hydrogens is 267 g/mol. The van der Waals surface area contributed by atoms with E-state index >= 15 is 0 Å². The molecule has 1 aromatic rings. The minimum atomic E-state index is -0.876. The average molecular weight is 282 g/mol. The zero-order chi connectivity index (χ0) is 14.7. The Morgan fingerprint density at radius 2 is 2.00 bits per heavy atom. The van der Waals surface area contributed by atoms with Gasteiger partial charge in [-0.05, 0) is 37.8 Å². The topological polar surface area (TPSA) is 92.5 Å². The minimum Gasteiger partial charge on any atom is -0.481 e. The van der Waals surface area contributed by atoms with Crippen LogP contribution in [-0.2, 0) is 4.79 Å². The molecule has 0 amide bonds. The van der Waals surface area contributed by atoms with E-state index in [2.05, 4.69) is 5.32 Å². The number of hydrogen-bond acceptors (Lipinski definition) is 4. The number of para-hydroxylation sites is 1. The molecule has 1 aliphatic rings. The molecule has 6 nitrogen and oxygen atoms in total. The molecule has 0 aromatic heterocycles. The molecule has 0 bridgehead atoms. The van der Waals surface area contributed by atoms with Crippen LogP contribution in [-0.4, -0.2) is 22.0 Å². The van der Waals surface area contributed by atoms with Gasteiger partial charge in [-0.2, -0.15) is 4.39 Å². The normalized spacial score (nSPS) is 22.2. The summed E-state index contributed by atoms with van der Waals surface area (Å²) in [6.07, 6.45) is 2.25. The summed E-state index contributed by atoms with van der Waals surface area (Å²) in [5.41, 5.74) is -0.415. The first kappa shape index (κ1) is 14.2. The quantitative estimate of drug-likeness (QED) is 0.654. The van der Waals surface area contributed by atoms with Crippen molar-refractivity contribution in [3.8, 4) is 0 Å². The summed E-state index contributed by atoms with van der Waals surface area (Å²) in [5, 5.41) is 22.7. The summed E-state index contributed by atoms with van der Waals surface area (Å²) in [7, 11) is 0. The predicted octanol–water partition coefficient (Wildman–Crippen LogP) is 2.79. The number of rotatable bonds is 4. The highest BCUT2D eigenvalue weighted by Gasteiger charge is 2.28. The van der Waals surface area contributed by atoms with Crippen molar-refractivity contribution in [3.63, 3.8) is 0 Å². The second-order valence-corrected chi connectivity index (χ2v) is 4.92. The highest BCUT2D eigenvalue weighted by molar-refractivity contribution is 5.70. The third kappa shape index (κ3) is 3.04. The number of nitro groups is 1. The number of anilines is 1. The lowest BCUT2D eigenvalue weighted by molar-refractivity contribution is -0.386. The van der Waals surface area contributed by atoms with Crippen molar-refractivity contribution in [3.05, 3.63) is 34.1 Å². The van der Waals surface area contributed by atoms with Crippen LogP contribution in [0.15, 0.2) is 18.2 Å². The first-order chi connectivity index (χ1) is 9.49. The Balaban J connectivity index is 2.07. The van der Waals surface area contributed by atoms with Crippen molar-refractivity contribution in [2.45, 2.75) is 31.7 Å². The second kappa shape index (κ2) is 5.85. The second-order valence-electron chi connectivity index (χ2n) is 4.92. The van der Waals surface area contributed by atoms with Crippen molar-refractivity contribution in [1.82, 2.24) is 0 Å². The predicted molar refractivity (Wildman–Crippen MR) is 70.1 cm³/mol. The molecule has 0 aliphatic heterocycles. The highest BCUT2D eigenvalue weighted by Crippen LogP contribution is 2.31.